The van der Waals surface area contributed by atoms with Crippen molar-refractivity contribution in [3.8, 4) is 0 Å². The number of amides is 1. The van der Waals surface area contributed by atoms with Crippen molar-refractivity contribution >= 4 is 23.2 Å². The molecule has 1 amide bonds. The molecule has 146 valence electrons. The van der Waals surface area contributed by atoms with Crippen molar-refractivity contribution in [2.45, 2.75) is 46.2 Å². The zero-order valence-electron chi connectivity index (χ0n) is 16.3. The minimum atomic E-state index is -0.0182. The molecule has 0 saturated carbocycles. The maximum Gasteiger partial charge on any atom is 0.251 e. The zero-order chi connectivity index (χ0) is 19.5. The number of carbonyl (C=O) groups excluding carboxylic acids is 1. The van der Waals surface area contributed by atoms with Gasteiger partial charge in [-0.15, -0.1) is 11.3 Å². The van der Waals surface area contributed by atoms with Gasteiger partial charge >= 0.3 is 0 Å². The maximum atomic E-state index is 12.0. The van der Waals surface area contributed by atoms with Crippen molar-refractivity contribution in [1.29, 1.82) is 0 Å². The fourth-order valence-corrected chi connectivity index (χ4v) is 3.22. The molecule has 1 heterocycles. The molecule has 0 bridgehead atoms. The number of hydrogen-bond acceptors (Lipinski definition) is 4. The Morgan fingerprint density at radius 1 is 1.11 bits per heavy atom. The predicted octanol–water partition coefficient (Wildman–Crippen LogP) is 3.10. The molecule has 1 aromatic heterocycles. The summed E-state index contributed by atoms with van der Waals surface area (Å²) in [6, 6.07) is 7.64. The van der Waals surface area contributed by atoms with Gasteiger partial charge in [0.1, 0.15) is 5.01 Å². The molecule has 27 heavy (non-hydrogen) atoms. The summed E-state index contributed by atoms with van der Waals surface area (Å²) in [5.41, 5.74) is 1.78. The lowest BCUT2D eigenvalue weighted by molar-refractivity contribution is 0.0953. The Balaban J connectivity index is 1.79. The monoisotopic (exact) mass is 387 g/mol. The summed E-state index contributed by atoms with van der Waals surface area (Å²) in [6.07, 6.45) is 5.01. The summed E-state index contributed by atoms with van der Waals surface area (Å²) in [7, 11) is 1.75. The lowest BCUT2D eigenvalue weighted by Gasteiger charge is -2.11. The lowest BCUT2D eigenvalue weighted by atomic mass is 10.1. The van der Waals surface area contributed by atoms with Gasteiger partial charge < -0.3 is 16.0 Å². The van der Waals surface area contributed by atoms with Crippen molar-refractivity contribution < 1.29 is 4.79 Å². The van der Waals surface area contributed by atoms with Crippen LogP contribution in [0.15, 0.2) is 35.5 Å². The fourth-order valence-electron chi connectivity index (χ4n) is 2.41. The van der Waals surface area contributed by atoms with E-state index >= 15 is 0 Å². The topological polar surface area (TPSA) is 78.4 Å². The van der Waals surface area contributed by atoms with Gasteiger partial charge in [0.25, 0.3) is 5.91 Å². The number of rotatable bonds is 9. The van der Waals surface area contributed by atoms with E-state index in [1.807, 2.05) is 30.5 Å². The first-order valence-electron chi connectivity index (χ1n) is 9.41. The number of thiazole rings is 1. The number of aromatic nitrogens is 1. The van der Waals surface area contributed by atoms with Gasteiger partial charge in [0, 0.05) is 36.8 Å². The van der Waals surface area contributed by atoms with Crippen LogP contribution in [0.2, 0.25) is 0 Å². The van der Waals surface area contributed by atoms with E-state index in [1.54, 1.807) is 18.4 Å². The number of aliphatic imine (C=N–C) groups is 1. The van der Waals surface area contributed by atoms with Crippen LogP contribution in [0.3, 0.4) is 0 Å². The Morgan fingerprint density at radius 3 is 2.48 bits per heavy atom. The van der Waals surface area contributed by atoms with Gasteiger partial charge in [-0.1, -0.05) is 32.4 Å². The highest BCUT2D eigenvalue weighted by Crippen LogP contribution is 2.12. The molecule has 3 N–H and O–H groups in total. The van der Waals surface area contributed by atoms with E-state index in [0.29, 0.717) is 18.7 Å². The van der Waals surface area contributed by atoms with Gasteiger partial charge in [0.05, 0.1) is 6.54 Å². The highest BCUT2D eigenvalue weighted by Gasteiger charge is 2.06. The standard InChI is InChI=1S/C20H29N5OS/c1-4-6-11-22-19(26)16-9-7-15(8-10-16)12-24-20(21-3)25-14-18-23-13-17(5-2)27-18/h7-10,13H,4-6,11-12,14H2,1-3H3,(H,22,26)(H2,21,24,25). The van der Waals surface area contributed by atoms with E-state index in [1.165, 1.54) is 4.88 Å². The van der Waals surface area contributed by atoms with E-state index in [-0.39, 0.29) is 5.91 Å². The summed E-state index contributed by atoms with van der Waals surface area (Å²) in [6.45, 7) is 6.25. The second-order valence-electron chi connectivity index (χ2n) is 6.16. The molecule has 7 heteroatoms. The lowest BCUT2D eigenvalue weighted by Crippen LogP contribution is -2.36. The number of hydrogen-bond donors (Lipinski definition) is 3. The Bertz CT molecular complexity index is 739. The van der Waals surface area contributed by atoms with E-state index in [2.05, 4.69) is 39.8 Å². The molecule has 0 atom stereocenters. The van der Waals surface area contributed by atoms with Crippen LogP contribution in [0, 0.1) is 0 Å². The molecule has 0 spiro atoms. The first kappa shape index (κ1) is 20.9. The molecule has 0 saturated heterocycles. The zero-order valence-corrected chi connectivity index (χ0v) is 17.2. The average molecular weight is 388 g/mol. The molecule has 6 nitrogen and oxygen atoms in total. The van der Waals surface area contributed by atoms with Crippen LogP contribution < -0.4 is 16.0 Å². The van der Waals surface area contributed by atoms with Crippen LogP contribution in [0.4, 0.5) is 0 Å². The molecular weight excluding hydrogens is 358 g/mol. The van der Waals surface area contributed by atoms with E-state index < -0.39 is 0 Å². The first-order chi connectivity index (χ1) is 13.2. The third-order valence-electron chi connectivity index (χ3n) is 4.07. The fraction of sp³-hybridized carbons (Fsp3) is 0.450. The van der Waals surface area contributed by atoms with Crippen LogP contribution in [-0.4, -0.2) is 30.4 Å². The normalized spacial score (nSPS) is 11.3. The number of carbonyl (C=O) groups is 1. The van der Waals surface area contributed by atoms with Crippen LogP contribution in [0.25, 0.3) is 0 Å². The van der Waals surface area contributed by atoms with Crippen molar-refractivity contribution in [3.05, 3.63) is 51.5 Å². The Hall–Kier alpha value is -2.41. The van der Waals surface area contributed by atoms with Crippen LogP contribution in [0.5, 0.6) is 0 Å². The minimum absolute atomic E-state index is 0.0182. The van der Waals surface area contributed by atoms with E-state index in [4.69, 9.17) is 0 Å². The third-order valence-corrected chi connectivity index (χ3v) is 5.21. The molecule has 2 aromatic rings. The van der Waals surface area contributed by atoms with Crippen LogP contribution in [0.1, 0.15) is 52.5 Å². The largest absolute Gasteiger partial charge is 0.352 e. The molecule has 0 aliphatic rings. The summed E-state index contributed by atoms with van der Waals surface area (Å²) in [4.78, 5) is 22.0. The van der Waals surface area contributed by atoms with Crippen LogP contribution >= 0.6 is 11.3 Å². The van der Waals surface area contributed by atoms with Crippen molar-refractivity contribution in [1.82, 2.24) is 20.9 Å². The summed E-state index contributed by atoms with van der Waals surface area (Å²) in [5, 5.41) is 10.5. The first-order valence-corrected chi connectivity index (χ1v) is 10.2. The molecule has 0 aliphatic carbocycles. The quantitative estimate of drug-likeness (QED) is 0.351. The minimum Gasteiger partial charge on any atom is -0.352 e. The molecule has 0 fully saturated rings. The van der Waals surface area contributed by atoms with Gasteiger partial charge in [-0.25, -0.2) is 4.98 Å². The van der Waals surface area contributed by atoms with Gasteiger partial charge in [-0.3, -0.25) is 9.79 Å². The Morgan fingerprint density at radius 2 is 1.85 bits per heavy atom. The summed E-state index contributed by atoms with van der Waals surface area (Å²) < 4.78 is 0. The number of unbranched alkanes of at least 4 members (excludes halogenated alkanes) is 1. The number of nitrogens with one attached hydrogen (secondary N) is 3. The molecule has 1 aromatic carbocycles. The molecular formula is C20H29N5OS. The number of nitrogens with zero attached hydrogens (tertiary/aromatic N) is 2. The van der Waals surface area contributed by atoms with Crippen molar-refractivity contribution in [2.24, 2.45) is 4.99 Å². The van der Waals surface area contributed by atoms with Crippen molar-refractivity contribution in [3.63, 3.8) is 0 Å². The highest BCUT2D eigenvalue weighted by molar-refractivity contribution is 7.11. The van der Waals surface area contributed by atoms with E-state index in [9.17, 15) is 4.79 Å². The Labute approximate surface area is 165 Å². The van der Waals surface area contributed by atoms with Crippen molar-refractivity contribution in [2.75, 3.05) is 13.6 Å². The number of guanidine groups is 1. The summed E-state index contributed by atoms with van der Waals surface area (Å²) in [5.74, 6) is 0.708. The third kappa shape index (κ3) is 7.02. The summed E-state index contributed by atoms with van der Waals surface area (Å²) >= 11 is 1.72. The van der Waals surface area contributed by atoms with E-state index in [0.717, 1.165) is 42.3 Å². The van der Waals surface area contributed by atoms with Gasteiger partial charge in [-0.05, 0) is 30.5 Å². The van der Waals surface area contributed by atoms with Gasteiger partial charge in [0.2, 0.25) is 0 Å². The van der Waals surface area contributed by atoms with Crippen LogP contribution in [-0.2, 0) is 19.5 Å². The highest BCUT2D eigenvalue weighted by atomic mass is 32.1. The smallest absolute Gasteiger partial charge is 0.251 e. The molecule has 0 aliphatic heterocycles. The predicted molar refractivity (Wildman–Crippen MR) is 112 cm³/mol. The Kier molecular flexibility index (Phi) is 8.77. The maximum absolute atomic E-state index is 12.0. The second kappa shape index (κ2) is 11.3. The number of aryl methyl sites for hydroxylation is 1. The van der Waals surface area contributed by atoms with Gasteiger partial charge in [0.15, 0.2) is 5.96 Å². The second-order valence-corrected chi connectivity index (χ2v) is 7.36. The van der Waals surface area contributed by atoms with Gasteiger partial charge in [-0.2, -0.15) is 0 Å². The average Bonchev–Trinajstić information content (AvgIpc) is 3.17. The SMILES string of the molecule is CCCCNC(=O)c1ccc(CNC(=NC)NCc2ncc(CC)s2)cc1. The molecule has 2 rings (SSSR count). The molecule has 0 unspecified atom stereocenters. The molecule has 0 radical (unpaired) electrons. The number of benzene rings is 1.